The van der Waals surface area contributed by atoms with Crippen molar-refractivity contribution >= 4 is 34.6 Å². The summed E-state index contributed by atoms with van der Waals surface area (Å²) in [4.78, 5) is 28.8. The summed E-state index contributed by atoms with van der Waals surface area (Å²) < 4.78 is 7.38. The minimum atomic E-state index is -0.0985. The molecular formula is C28H38N6O2. The van der Waals surface area contributed by atoms with Crippen LogP contribution in [0.5, 0.6) is 0 Å². The molecule has 0 spiro atoms. The number of carbonyl (C=O) groups excluding carboxylic acids is 1. The molecule has 3 aromatic rings. The molecule has 0 atom stereocenters. The highest BCUT2D eigenvalue weighted by Gasteiger charge is 2.29. The number of hydrogen-bond acceptors (Lipinski definition) is 7. The number of piperidine rings is 1. The van der Waals surface area contributed by atoms with Gasteiger partial charge in [0, 0.05) is 31.2 Å². The molecule has 1 aliphatic carbocycles. The van der Waals surface area contributed by atoms with Gasteiger partial charge in [-0.15, -0.1) is 0 Å². The Morgan fingerprint density at radius 3 is 2.56 bits per heavy atom. The van der Waals surface area contributed by atoms with Crippen molar-refractivity contribution in [3.05, 3.63) is 35.7 Å². The van der Waals surface area contributed by atoms with E-state index in [2.05, 4.69) is 65.7 Å². The van der Waals surface area contributed by atoms with Gasteiger partial charge in [0.25, 0.3) is 0 Å². The molecule has 1 aromatic carbocycles. The van der Waals surface area contributed by atoms with E-state index in [1.807, 2.05) is 13.3 Å². The summed E-state index contributed by atoms with van der Waals surface area (Å²) in [6, 6.07) is 7.10. The van der Waals surface area contributed by atoms with Crippen LogP contribution in [0.25, 0.3) is 11.2 Å². The zero-order valence-electron chi connectivity index (χ0n) is 22.2. The van der Waals surface area contributed by atoms with Crippen LogP contribution in [0.15, 0.2) is 24.5 Å². The topological polar surface area (TPSA) is 85.2 Å². The van der Waals surface area contributed by atoms with Crippen molar-refractivity contribution in [1.29, 1.82) is 0 Å². The molecule has 8 nitrogen and oxygen atoms in total. The van der Waals surface area contributed by atoms with Gasteiger partial charge in [0.2, 0.25) is 5.95 Å². The summed E-state index contributed by atoms with van der Waals surface area (Å²) in [5, 5.41) is 3.67. The van der Waals surface area contributed by atoms with E-state index >= 15 is 0 Å². The number of nitrogens with zero attached hydrogens (tertiary/aromatic N) is 5. The van der Waals surface area contributed by atoms with Crippen LogP contribution in [0.3, 0.4) is 0 Å². The van der Waals surface area contributed by atoms with Gasteiger partial charge >= 0.3 is 5.97 Å². The van der Waals surface area contributed by atoms with Gasteiger partial charge in [-0.3, -0.25) is 4.79 Å². The lowest BCUT2D eigenvalue weighted by Crippen LogP contribution is -2.35. The summed E-state index contributed by atoms with van der Waals surface area (Å²) in [7, 11) is 0. The fourth-order valence-electron chi connectivity index (χ4n) is 4.94. The van der Waals surface area contributed by atoms with Gasteiger partial charge in [0.05, 0.1) is 12.9 Å². The van der Waals surface area contributed by atoms with Gasteiger partial charge < -0.3 is 19.5 Å². The van der Waals surface area contributed by atoms with Crippen molar-refractivity contribution in [2.45, 2.75) is 78.2 Å². The molecule has 1 aliphatic heterocycles. The van der Waals surface area contributed by atoms with Crippen LogP contribution >= 0.6 is 0 Å². The Kier molecular flexibility index (Phi) is 6.62. The first-order valence-corrected chi connectivity index (χ1v) is 13.3. The van der Waals surface area contributed by atoms with E-state index < -0.39 is 0 Å². The number of ether oxygens (including phenoxy) is 1. The maximum atomic E-state index is 11.9. The number of anilines is 3. The molecule has 1 saturated heterocycles. The minimum Gasteiger partial charge on any atom is -0.466 e. The van der Waals surface area contributed by atoms with Crippen LogP contribution in [0, 0.1) is 12.8 Å². The highest BCUT2D eigenvalue weighted by molar-refractivity contribution is 5.87. The fraction of sp³-hybridized carbons (Fsp3) is 0.571. The molecule has 2 aromatic heterocycles. The monoisotopic (exact) mass is 490 g/mol. The van der Waals surface area contributed by atoms with E-state index in [0.29, 0.717) is 30.9 Å². The Morgan fingerprint density at radius 2 is 1.89 bits per heavy atom. The average molecular weight is 491 g/mol. The molecule has 3 heterocycles. The summed E-state index contributed by atoms with van der Waals surface area (Å²) in [6.45, 7) is 12.7. The lowest BCUT2D eigenvalue weighted by Gasteiger charge is -2.31. The van der Waals surface area contributed by atoms with Crippen molar-refractivity contribution in [2.75, 3.05) is 29.9 Å². The maximum Gasteiger partial charge on any atom is 0.306 e. The molecule has 1 N–H and O–H groups in total. The second-order valence-electron chi connectivity index (χ2n) is 11.3. The van der Waals surface area contributed by atoms with Crippen LogP contribution < -0.4 is 10.2 Å². The molecule has 0 radical (unpaired) electrons. The van der Waals surface area contributed by atoms with E-state index in [0.717, 1.165) is 48.6 Å². The second kappa shape index (κ2) is 9.71. The van der Waals surface area contributed by atoms with Gasteiger partial charge in [-0.25, -0.2) is 4.98 Å². The SMILES string of the molecule is CCOC(=O)CC1CCN(c2nc(Nc3cc(C(C)(C)C)ccc3C)c3c(ncn3C3CC3)n2)CC1. The average Bonchev–Trinajstić information content (AvgIpc) is 3.59. The molecular weight excluding hydrogens is 452 g/mol. The Labute approximate surface area is 213 Å². The number of aryl methyl sites for hydroxylation is 1. The second-order valence-corrected chi connectivity index (χ2v) is 11.3. The Hall–Kier alpha value is -3.16. The third-order valence-electron chi connectivity index (χ3n) is 7.37. The van der Waals surface area contributed by atoms with Crippen molar-refractivity contribution < 1.29 is 9.53 Å². The minimum absolute atomic E-state index is 0.0555. The largest absolute Gasteiger partial charge is 0.466 e. The van der Waals surface area contributed by atoms with Crippen LogP contribution in [-0.4, -0.2) is 45.2 Å². The quantitative estimate of drug-likeness (QED) is 0.426. The van der Waals surface area contributed by atoms with Gasteiger partial charge in [0.1, 0.15) is 5.52 Å². The molecule has 8 heteroatoms. The molecule has 0 unspecified atom stereocenters. The summed E-state index contributed by atoms with van der Waals surface area (Å²) in [5.74, 6) is 1.75. The van der Waals surface area contributed by atoms with Gasteiger partial charge in [-0.2, -0.15) is 9.97 Å². The number of hydrogen-bond donors (Lipinski definition) is 1. The first-order valence-electron chi connectivity index (χ1n) is 13.3. The molecule has 0 amide bonds. The first kappa shape index (κ1) is 24.5. The van der Waals surface area contributed by atoms with E-state index in [4.69, 9.17) is 14.7 Å². The third-order valence-corrected chi connectivity index (χ3v) is 7.37. The summed E-state index contributed by atoms with van der Waals surface area (Å²) in [5.41, 5.74) is 5.27. The maximum absolute atomic E-state index is 11.9. The normalized spacial score (nSPS) is 17.0. The Balaban J connectivity index is 1.44. The lowest BCUT2D eigenvalue weighted by molar-refractivity contribution is -0.144. The van der Waals surface area contributed by atoms with Crippen LogP contribution in [0.1, 0.15) is 77.0 Å². The molecule has 2 aliphatic rings. The number of carbonyl (C=O) groups is 1. The summed E-state index contributed by atoms with van der Waals surface area (Å²) >= 11 is 0. The van der Waals surface area contributed by atoms with Crippen molar-refractivity contribution in [1.82, 2.24) is 19.5 Å². The number of aromatic nitrogens is 4. The van der Waals surface area contributed by atoms with Gasteiger partial charge in [-0.1, -0.05) is 32.9 Å². The molecule has 1 saturated carbocycles. The van der Waals surface area contributed by atoms with Crippen molar-refractivity contribution in [3.8, 4) is 0 Å². The van der Waals surface area contributed by atoms with Crippen LogP contribution in [0.2, 0.25) is 0 Å². The molecule has 36 heavy (non-hydrogen) atoms. The van der Waals surface area contributed by atoms with E-state index in [1.54, 1.807) is 0 Å². The molecule has 5 rings (SSSR count). The first-order chi connectivity index (χ1) is 17.2. The predicted molar refractivity (Wildman–Crippen MR) is 143 cm³/mol. The van der Waals surface area contributed by atoms with E-state index in [1.165, 1.54) is 24.0 Å². The number of esters is 1. The van der Waals surface area contributed by atoms with Gasteiger partial charge in [-0.05, 0) is 68.1 Å². The molecule has 0 bridgehead atoms. The smallest absolute Gasteiger partial charge is 0.306 e. The van der Waals surface area contributed by atoms with Crippen LogP contribution in [0.4, 0.5) is 17.5 Å². The van der Waals surface area contributed by atoms with Gasteiger partial charge in [0.15, 0.2) is 11.5 Å². The number of imidazole rings is 1. The fourth-order valence-corrected chi connectivity index (χ4v) is 4.94. The highest BCUT2D eigenvalue weighted by atomic mass is 16.5. The zero-order chi connectivity index (χ0) is 25.4. The predicted octanol–water partition coefficient (Wildman–Crippen LogP) is 5.68. The third kappa shape index (κ3) is 5.18. The summed E-state index contributed by atoms with van der Waals surface area (Å²) in [6.07, 6.45) is 6.58. The standard InChI is InChI=1S/C28H38N6O2/c1-6-36-23(35)15-19-11-13-33(14-12-19)27-31-25-24(34(17-29-25)21-9-10-21)26(32-27)30-22-16-20(28(3,4)5)8-7-18(22)2/h7-8,16-17,19,21H,6,9-15H2,1-5H3,(H,30,31,32). The van der Waals surface area contributed by atoms with Crippen LogP contribution in [-0.2, 0) is 14.9 Å². The molecule has 2 fully saturated rings. The van der Waals surface area contributed by atoms with Crippen molar-refractivity contribution in [3.63, 3.8) is 0 Å². The number of benzene rings is 1. The number of rotatable bonds is 7. The Bertz CT molecular complexity index is 1250. The van der Waals surface area contributed by atoms with Crippen molar-refractivity contribution in [2.24, 2.45) is 5.92 Å². The Morgan fingerprint density at radius 1 is 1.14 bits per heavy atom. The zero-order valence-corrected chi connectivity index (χ0v) is 22.2. The number of fused-ring (bicyclic) bond motifs is 1. The number of nitrogens with one attached hydrogen (secondary N) is 1. The van der Waals surface area contributed by atoms with E-state index in [-0.39, 0.29) is 11.4 Å². The molecule has 192 valence electrons. The lowest BCUT2D eigenvalue weighted by atomic mass is 9.86. The highest BCUT2D eigenvalue weighted by Crippen LogP contribution is 2.40. The van der Waals surface area contributed by atoms with E-state index in [9.17, 15) is 4.79 Å².